The van der Waals surface area contributed by atoms with Crippen LogP contribution in [-0.2, 0) is 12.7 Å². The molecular weight excluding hydrogens is 455 g/mol. The lowest BCUT2D eigenvalue weighted by atomic mass is 10.1. The van der Waals surface area contributed by atoms with E-state index in [0.717, 1.165) is 12.1 Å². The normalized spacial score (nSPS) is 15.1. The van der Waals surface area contributed by atoms with E-state index in [2.05, 4.69) is 15.3 Å². The van der Waals surface area contributed by atoms with Crippen LogP contribution >= 0.6 is 0 Å². The number of amides is 1. The second-order valence-electron chi connectivity index (χ2n) is 7.71. The zero-order valence-electron chi connectivity index (χ0n) is 17.7. The first-order valence-corrected chi connectivity index (χ1v) is 10.4. The van der Waals surface area contributed by atoms with Gasteiger partial charge in [-0.05, 0) is 24.3 Å². The summed E-state index contributed by atoms with van der Waals surface area (Å²) in [6.45, 7) is 2.33. The van der Waals surface area contributed by atoms with Crippen molar-refractivity contribution in [2.45, 2.75) is 12.7 Å². The molecule has 3 aromatic heterocycles. The summed E-state index contributed by atoms with van der Waals surface area (Å²) >= 11 is 0. The number of carbonyl (C=O) groups is 1. The highest BCUT2D eigenvalue weighted by atomic mass is 19.4. The van der Waals surface area contributed by atoms with Crippen molar-refractivity contribution in [2.75, 3.05) is 26.2 Å². The number of hydrogen-bond acceptors (Lipinski definition) is 8. The van der Waals surface area contributed by atoms with E-state index in [0.29, 0.717) is 44.2 Å². The van der Waals surface area contributed by atoms with E-state index >= 15 is 0 Å². The lowest BCUT2D eigenvalue weighted by Crippen LogP contribution is -2.48. The van der Waals surface area contributed by atoms with Gasteiger partial charge in [0.25, 0.3) is 5.91 Å². The van der Waals surface area contributed by atoms with Crippen molar-refractivity contribution in [3.8, 4) is 22.9 Å². The second kappa shape index (κ2) is 8.78. The third-order valence-corrected chi connectivity index (χ3v) is 5.43. The highest BCUT2D eigenvalue weighted by Crippen LogP contribution is 2.31. The quantitative estimate of drug-likeness (QED) is 0.429. The van der Waals surface area contributed by atoms with Crippen molar-refractivity contribution in [1.29, 1.82) is 0 Å². The average Bonchev–Trinajstić information content (AvgIpc) is 3.60. The molecule has 9 nitrogen and oxygen atoms in total. The van der Waals surface area contributed by atoms with Gasteiger partial charge in [-0.1, -0.05) is 22.4 Å². The largest absolute Gasteiger partial charge is 0.461 e. The Morgan fingerprint density at radius 1 is 0.971 bits per heavy atom. The maximum absolute atomic E-state index is 12.9. The number of aromatic nitrogens is 3. The summed E-state index contributed by atoms with van der Waals surface area (Å²) in [5.41, 5.74) is -0.357. The first-order chi connectivity index (χ1) is 16.4. The Bertz CT molecular complexity index is 1270. The number of carbonyl (C=O) groups excluding carboxylic acids is 1. The maximum Gasteiger partial charge on any atom is 0.416 e. The van der Waals surface area contributed by atoms with Crippen LogP contribution in [0, 0.1) is 0 Å². The number of rotatable bonds is 5. The van der Waals surface area contributed by atoms with Crippen LogP contribution in [0.2, 0.25) is 0 Å². The van der Waals surface area contributed by atoms with Crippen LogP contribution in [0.5, 0.6) is 0 Å². The molecule has 0 aliphatic carbocycles. The molecule has 0 unspecified atom stereocenters. The maximum atomic E-state index is 12.9. The Labute approximate surface area is 190 Å². The molecule has 1 aliphatic heterocycles. The van der Waals surface area contributed by atoms with Gasteiger partial charge in [-0.3, -0.25) is 9.69 Å². The standard InChI is InChI=1S/C22H18F3N5O4/c23-22(24,25)15-4-1-3-14(11-15)20-26-19(34-28-20)13-29-6-8-30(9-7-29)21(31)16-12-18(33-27-16)17-5-2-10-32-17/h1-5,10-12H,6-9,13H2. The van der Waals surface area contributed by atoms with Crippen LogP contribution in [0.1, 0.15) is 21.9 Å². The molecule has 4 heterocycles. The predicted molar refractivity (Wildman–Crippen MR) is 110 cm³/mol. The van der Waals surface area contributed by atoms with Crippen molar-refractivity contribution < 1.29 is 31.4 Å². The fourth-order valence-corrected chi connectivity index (χ4v) is 3.64. The van der Waals surface area contributed by atoms with E-state index in [1.807, 2.05) is 4.90 Å². The van der Waals surface area contributed by atoms with Gasteiger partial charge in [0.15, 0.2) is 11.5 Å². The summed E-state index contributed by atoms with van der Waals surface area (Å²) < 4.78 is 54.5. The smallest absolute Gasteiger partial charge is 0.416 e. The number of benzene rings is 1. The highest BCUT2D eigenvalue weighted by molar-refractivity contribution is 5.93. The molecule has 12 heteroatoms. The van der Waals surface area contributed by atoms with Gasteiger partial charge in [-0.25, -0.2) is 0 Å². The molecule has 1 amide bonds. The predicted octanol–water partition coefficient (Wildman–Crippen LogP) is 3.96. The van der Waals surface area contributed by atoms with Crippen LogP contribution < -0.4 is 0 Å². The van der Waals surface area contributed by atoms with Crippen LogP contribution in [0.25, 0.3) is 22.9 Å². The summed E-state index contributed by atoms with van der Waals surface area (Å²) in [4.78, 5) is 20.7. The summed E-state index contributed by atoms with van der Waals surface area (Å²) in [5.74, 6) is 0.992. The average molecular weight is 473 g/mol. The molecule has 0 bridgehead atoms. The van der Waals surface area contributed by atoms with Crippen LogP contribution in [0.15, 0.2) is 62.2 Å². The van der Waals surface area contributed by atoms with Gasteiger partial charge in [0, 0.05) is 37.8 Å². The van der Waals surface area contributed by atoms with Crippen LogP contribution in [0.3, 0.4) is 0 Å². The molecule has 1 aliphatic rings. The van der Waals surface area contributed by atoms with E-state index in [4.69, 9.17) is 13.5 Å². The molecule has 0 saturated carbocycles. The molecule has 5 rings (SSSR count). The van der Waals surface area contributed by atoms with Gasteiger partial charge >= 0.3 is 6.18 Å². The summed E-state index contributed by atoms with van der Waals surface area (Å²) in [6, 6.07) is 9.74. The van der Waals surface area contributed by atoms with E-state index in [1.165, 1.54) is 18.4 Å². The van der Waals surface area contributed by atoms with Crippen LogP contribution in [-0.4, -0.2) is 57.2 Å². The molecule has 1 fully saturated rings. The van der Waals surface area contributed by atoms with Crippen molar-refractivity contribution >= 4 is 5.91 Å². The number of nitrogens with zero attached hydrogens (tertiary/aromatic N) is 5. The van der Waals surface area contributed by atoms with Crippen LogP contribution in [0.4, 0.5) is 13.2 Å². The Morgan fingerprint density at radius 3 is 2.53 bits per heavy atom. The van der Waals surface area contributed by atoms with Gasteiger partial charge in [0.05, 0.1) is 18.4 Å². The fraction of sp³-hybridized carbons (Fsp3) is 0.273. The molecule has 34 heavy (non-hydrogen) atoms. The monoisotopic (exact) mass is 473 g/mol. The van der Waals surface area contributed by atoms with Crippen molar-refractivity contribution in [3.05, 3.63) is 65.9 Å². The third kappa shape index (κ3) is 4.57. The number of furan rings is 1. The minimum Gasteiger partial charge on any atom is -0.461 e. The molecule has 4 aromatic rings. The van der Waals surface area contributed by atoms with E-state index in [-0.39, 0.29) is 28.9 Å². The zero-order valence-corrected chi connectivity index (χ0v) is 17.7. The van der Waals surface area contributed by atoms with Crippen molar-refractivity contribution in [2.24, 2.45) is 0 Å². The Kier molecular flexibility index (Phi) is 5.65. The third-order valence-electron chi connectivity index (χ3n) is 5.43. The summed E-state index contributed by atoms with van der Waals surface area (Å²) in [5, 5.41) is 7.65. The molecule has 1 saturated heterocycles. The minimum atomic E-state index is -4.45. The zero-order chi connectivity index (χ0) is 23.7. The van der Waals surface area contributed by atoms with Gasteiger partial charge < -0.3 is 18.4 Å². The van der Waals surface area contributed by atoms with Gasteiger partial charge in [-0.2, -0.15) is 18.2 Å². The molecular formula is C22H18F3N5O4. The Hall–Kier alpha value is -3.93. The number of alkyl halides is 3. The summed E-state index contributed by atoms with van der Waals surface area (Å²) in [6.07, 6.45) is -2.95. The highest BCUT2D eigenvalue weighted by Gasteiger charge is 2.31. The Balaban J connectivity index is 1.17. The molecule has 0 N–H and O–H groups in total. The fourth-order valence-electron chi connectivity index (χ4n) is 3.64. The molecule has 0 spiro atoms. The van der Waals surface area contributed by atoms with E-state index in [9.17, 15) is 18.0 Å². The van der Waals surface area contributed by atoms with Gasteiger partial charge in [0.1, 0.15) is 0 Å². The molecule has 0 atom stereocenters. The lowest BCUT2D eigenvalue weighted by Gasteiger charge is -2.33. The first-order valence-electron chi connectivity index (χ1n) is 10.4. The van der Waals surface area contributed by atoms with Gasteiger partial charge in [-0.15, -0.1) is 0 Å². The number of hydrogen-bond donors (Lipinski definition) is 0. The topological polar surface area (TPSA) is 102 Å². The number of piperazine rings is 1. The molecule has 176 valence electrons. The second-order valence-corrected chi connectivity index (χ2v) is 7.71. The summed E-state index contributed by atoms with van der Waals surface area (Å²) in [7, 11) is 0. The molecule has 1 aromatic carbocycles. The van der Waals surface area contributed by atoms with Crippen molar-refractivity contribution in [3.63, 3.8) is 0 Å². The SMILES string of the molecule is O=C(c1cc(-c2ccco2)on1)N1CCN(Cc2nc(-c3cccc(C(F)(F)F)c3)no2)CC1. The van der Waals surface area contributed by atoms with E-state index < -0.39 is 11.7 Å². The lowest BCUT2D eigenvalue weighted by molar-refractivity contribution is -0.137. The van der Waals surface area contributed by atoms with E-state index in [1.54, 1.807) is 23.1 Å². The van der Waals surface area contributed by atoms with Crippen molar-refractivity contribution in [1.82, 2.24) is 25.1 Å². The minimum absolute atomic E-state index is 0.0910. The van der Waals surface area contributed by atoms with Gasteiger partial charge in [0.2, 0.25) is 17.5 Å². The number of halogens is 3. The first kappa shape index (κ1) is 21.9. The Morgan fingerprint density at radius 2 is 1.79 bits per heavy atom. The molecule has 0 radical (unpaired) electrons.